The molecule has 2 rings (SSSR count). The molecule has 0 saturated carbocycles. The first kappa shape index (κ1) is 24.1. The van der Waals surface area contributed by atoms with Gasteiger partial charge in [-0.3, -0.25) is 14.8 Å². The van der Waals surface area contributed by atoms with Crippen LogP contribution in [0.2, 0.25) is 0 Å². The number of rotatable bonds is 8. The lowest BCUT2D eigenvalue weighted by Crippen LogP contribution is -2.53. The van der Waals surface area contributed by atoms with Gasteiger partial charge in [-0.05, 0) is 31.2 Å². The van der Waals surface area contributed by atoms with E-state index in [-0.39, 0.29) is 28.3 Å². The van der Waals surface area contributed by atoms with Crippen molar-refractivity contribution in [3.63, 3.8) is 0 Å². The summed E-state index contributed by atoms with van der Waals surface area (Å²) in [6, 6.07) is 6.86. The number of aliphatic hydroxyl groups is 2. The summed E-state index contributed by atoms with van der Waals surface area (Å²) in [7, 11) is 1.35. The van der Waals surface area contributed by atoms with Crippen molar-refractivity contribution in [2.45, 2.75) is 25.2 Å². The van der Waals surface area contributed by atoms with Gasteiger partial charge in [-0.1, -0.05) is 6.07 Å². The molecule has 0 unspecified atom stereocenters. The predicted octanol–water partition coefficient (Wildman–Crippen LogP) is 1.54. The molecule has 168 valence electrons. The average Bonchev–Trinajstić information content (AvgIpc) is 2.74. The summed E-state index contributed by atoms with van der Waals surface area (Å²) in [6.45, 7) is -0.00777. The maximum absolute atomic E-state index is 13.1. The molecule has 1 aromatic heterocycles. The zero-order valence-electron chi connectivity index (χ0n) is 16.9. The zero-order valence-corrected chi connectivity index (χ0v) is 16.9. The van der Waals surface area contributed by atoms with Crippen LogP contribution in [-0.2, 0) is 17.6 Å². The Bertz CT molecular complexity index is 960. The highest BCUT2D eigenvalue weighted by atomic mass is 19.4. The number of nitrogen functional groups attached to an aromatic ring is 1. The lowest BCUT2D eigenvalue weighted by molar-refractivity contribution is -0.142. The number of hydrogen-bond acceptors (Lipinski definition) is 7. The monoisotopic (exact) mass is 440 g/mol. The molecular weight excluding hydrogens is 417 g/mol. The SMILES string of the molecule is CN=C(C(=O)NC(C)(CO)CO)c1cc(OCc2cccnc2C(F)(F)F)ccc1N. The third kappa shape index (κ3) is 5.92. The van der Waals surface area contributed by atoms with Gasteiger partial charge >= 0.3 is 6.18 Å². The minimum atomic E-state index is -4.63. The number of amides is 1. The lowest BCUT2D eigenvalue weighted by Gasteiger charge is -2.26. The van der Waals surface area contributed by atoms with Gasteiger partial charge in [0.25, 0.3) is 5.91 Å². The van der Waals surface area contributed by atoms with Crippen molar-refractivity contribution in [1.29, 1.82) is 0 Å². The number of nitrogens with one attached hydrogen (secondary N) is 1. The van der Waals surface area contributed by atoms with E-state index in [1.54, 1.807) is 0 Å². The number of benzene rings is 1. The fourth-order valence-corrected chi connectivity index (χ4v) is 2.61. The molecule has 31 heavy (non-hydrogen) atoms. The Morgan fingerprint density at radius 2 is 1.94 bits per heavy atom. The van der Waals surface area contributed by atoms with Crippen molar-refractivity contribution in [1.82, 2.24) is 10.3 Å². The number of aliphatic hydroxyl groups excluding tert-OH is 2. The number of nitrogens with zero attached hydrogens (tertiary/aromatic N) is 2. The Kier molecular flexibility index (Phi) is 7.58. The summed E-state index contributed by atoms with van der Waals surface area (Å²) in [5.41, 5.74) is 3.71. The standard InChI is InChI=1S/C20H23F3N4O4/c1-19(10-28,11-29)27-18(30)16(25-2)14-8-13(5-6-15(14)24)31-9-12-4-3-7-26-17(12)20(21,22)23/h3-8,28-29H,9-11,24H2,1-2H3,(H,27,30). The van der Waals surface area contributed by atoms with Gasteiger partial charge in [-0.25, -0.2) is 0 Å². The molecule has 1 heterocycles. The van der Waals surface area contributed by atoms with E-state index in [0.29, 0.717) is 0 Å². The van der Waals surface area contributed by atoms with E-state index in [2.05, 4.69) is 15.3 Å². The van der Waals surface area contributed by atoms with Crippen LogP contribution < -0.4 is 15.8 Å². The Morgan fingerprint density at radius 1 is 1.26 bits per heavy atom. The molecule has 0 aliphatic heterocycles. The highest BCUT2D eigenvalue weighted by Gasteiger charge is 2.35. The van der Waals surface area contributed by atoms with Crippen molar-refractivity contribution in [2.24, 2.45) is 4.99 Å². The fraction of sp³-hybridized carbons (Fsp3) is 0.350. The molecule has 1 aromatic carbocycles. The van der Waals surface area contributed by atoms with Crippen LogP contribution in [-0.4, -0.2) is 52.6 Å². The number of ether oxygens (including phenoxy) is 1. The minimum absolute atomic E-state index is 0.103. The number of carbonyl (C=O) groups excluding carboxylic acids is 1. The van der Waals surface area contributed by atoms with Crippen molar-refractivity contribution in [2.75, 3.05) is 26.0 Å². The van der Waals surface area contributed by atoms with E-state index in [1.165, 1.54) is 44.3 Å². The first-order valence-corrected chi connectivity index (χ1v) is 9.09. The summed E-state index contributed by atoms with van der Waals surface area (Å²) >= 11 is 0. The maximum Gasteiger partial charge on any atom is 0.433 e. The van der Waals surface area contributed by atoms with Gasteiger partial charge in [0.2, 0.25) is 0 Å². The molecule has 0 aliphatic carbocycles. The van der Waals surface area contributed by atoms with Crippen molar-refractivity contribution >= 4 is 17.3 Å². The number of nitrogens with two attached hydrogens (primary N) is 1. The largest absolute Gasteiger partial charge is 0.489 e. The van der Waals surface area contributed by atoms with Crippen molar-refractivity contribution in [3.05, 3.63) is 53.3 Å². The first-order chi connectivity index (χ1) is 14.5. The van der Waals surface area contributed by atoms with Gasteiger partial charge in [0.1, 0.15) is 18.1 Å². The van der Waals surface area contributed by atoms with Crippen LogP contribution >= 0.6 is 0 Å². The normalized spacial score (nSPS) is 12.5. The molecule has 8 nitrogen and oxygen atoms in total. The van der Waals surface area contributed by atoms with Gasteiger partial charge in [-0.15, -0.1) is 0 Å². The average molecular weight is 440 g/mol. The summed E-state index contributed by atoms with van der Waals surface area (Å²) in [5.74, 6) is -0.550. The molecule has 2 aromatic rings. The number of pyridine rings is 1. The quantitative estimate of drug-likeness (QED) is 0.364. The molecule has 0 fully saturated rings. The van der Waals surface area contributed by atoms with Crippen molar-refractivity contribution < 1.29 is 32.9 Å². The number of hydrogen-bond donors (Lipinski definition) is 4. The number of halogens is 3. The second-order valence-corrected chi connectivity index (χ2v) is 6.95. The Balaban J connectivity index is 2.27. The Morgan fingerprint density at radius 3 is 2.52 bits per heavy atom. The van der Waals surface area contributed by atoms with E-state index in [9.17, 15) is 28.2 Å². The van der Waals surface area contributed by atoms with Crippen LogP contribution in [0.4, 0.5) is 18.9 Å². The molecule has 0 atom stereocenters. The third-order valence-electron chi connectivity index (χ3n) is 4.39. The van der Waals surface area contributed by atoms with Gasteiger partial charge < -0.3 is 26.0 Å². The second kappa shape index (κ2) is 9.75. The summed E-state index contributed by atoms with van der Waals surface area (Å²) < 4.78 is 44.8. The summed E-state index contributed by atoms with van der Waals surface area (Å²) in [5, 5.41) is 21.2. The third-order valence-corrected chi connectivity index (χ3v) is 4.39. The molecule has 0 bridgehead atoms. The van der Waals surface area contributed by atoms with Crippen LogP contribution in [0.25, 0.3) is 0 Å². The molecule has 0 aliphatic rings. The molecule has 11 heteroatoms. The van der Waals surface area contributed by atoms with Crippen LogP contribution in [0.15, 0.2) is 41.5 Å². The number of alkyl halides is 3. The molecule has 0 spiro atoms. The topological polar surface area (TPSA) is 130 Å². The highest BCUT2D eigenvalue weighted by Crippen LogP contribution is 2.31. The van der Waals surface area contributed by atoms with Gasteiger partial charge in [0.15, 0.2) is 5.69 Å². The van der Waals surface area contributed by atoms with Crippen LogP contribution in [0.1, 0.15) is 23.7 Å². The highest BCUT2D eigenvalue weighted by molar-refractivity contribution is 6.46. The minimum Gasteiger partial charge on any atom is -0.489 e. The van der Waals surface area contributed by atoms with E-state index in [0.717, 1.165) is 6.20 Å². The molecular formula is C20H23F3N4O4. The zero-order chi connectivity index (χ0) is 23.2. The number of anilines is 1. The number of carbonyl (C=O) groups is 1. The lowest BCUT2D eigenvalue weighted by atomic mass is 10.0. The summed E-state index contributed by atoms with van der Waals surface area (Å²) in [4.78, 5) is 19.9. The van der Waals surface area contributed by atoms with Gasteiger partial charge in [0, 0.05) is 30.1 Å². The van der Waals surface area contributed by atoms with E-state index >= 15 is 0 Å². The maximum atomic E-state index is 13.1. The molecule has 5 N–H and O–H groups in total. The van der Waals surface area contributed by atoms with E-state index in [4.69, 9.17) is 10.5 Å². The number of aliphatic imine (C=N–C) groups is 1. The van der Waals surface area contributed by atoms with E-state index < -0.39 is 43.1 Å². The van der Waals surface area contributed by atoms with E-state index in [1.807, 2.05) is 0 Å². The first-order valence-electron chi connectivity index (χ1n) is 9.09. The molecule has 1 amide bonds. The Hall–Kier alpha value is -3.18. The van der Waals surface area contributed by atoms with Crippen LogP contribution in [0.5, 0.6) is 5.75 Å². The van der Waals surface area contributed by atoms with Crippen LogP contribution in [0, 0.1) is 0 Å². The smallest absolute Gasteiger partial charge is 0.433 e. The number of aromatic nitrogens is 1. The Labute approximate surface area is 176 Å². The fourth-order valence-electron chi connectivity index (χ4n) is 2.61. The summed E-state index contributed by atoms with van der Waals surface area (Å²) in [6.07, 6.45) is -3.58. The van der Waals surface area contributed by atoms with Gasteiger partial charge in [0.05, 0.1) is 18.8 Å². The van der Waals surface area contributed by atoms with Crippen LogP contribution in [0.3, 0.4) is 0 Å². The van der Waals surface area contributed by atoms with Crippen molar-refractivity contribution in [3.8, 4) is 5.75 Å². The second-order valence-electron chi connectivity index (χ2n) is 6.95. The molecule has 0 saturated heterocycles. The predicted molar refractivity (Wildman–Crippen MR) is 108 cm³/mol. The van der Waals surface area contributed by atoms with Gasteiger partial charge in [-0.2, -0.15) is 13.2 Å². The molecule has 0 radical (unpaired) electrons.